The number of ether oxygens (including phenoxy) is 1. The quantitative estimate of drug-likeness (QED) is 0.376. The van der Waals surface area contributed by atoms with Gasteiger partial charge in [-0.3, -0.25) is 4.99 Å². The fourth-order valence-electron chi connectivity index (χ4n) is 2.84. The summed E-state index contributed by atoms with van der Waals surface area (Å²) in [5.74, 6) is 0.837. The highest BCUT2D eigenvalue weighted by molar-refractivity contribution is 14.0. The molecule has 0 saturated heterocycles. The molecule has 4 nitrogen and oxygen atoms in total. The molecule has 1 aliphatic rings. The van der Waals surface area contributed by atoms with E-state index in [1.54, 1.807) is 14.2 Å². The summed E-state index contributed by atoms with van der Waals surface area (Å²) in [6.07, 6.45) is 4.98. The van der Waals surface area contributed by atoms with Gasteiger partial charge in [-0.2, -0.15) is 0 Å². The lowest BCUT2D eigenvalue weighted by molar-refractivity contribution is 0.0732. The van der Waals surface area contributed by atoms with E-state index in [0.717, 1.165) is 36.1 Å². The number of halogens is 2. The first-order valence-corrected chi connectivity index (χ1v) is 8.23. The molecule has 23 heavy (non-hydrogen) atoms. The number of aliphatic imine (C=N–C) groups is 1. The normalized spacial score (nSPS) is 16.2. The summed E-state index contributed by atoms with van der Waals surface area (Å²) in [5.41, 5.74) is 1.53. The van der Waals surface area contributed by atoms with Gasteiger partial charge in [-0.15, -0.1) is 24.0 Å². The van der Waals surface area contributed by atoms with Gasteiger partial charge in [0, 0.05) is 38.9 Å². The summed E-state index contributed by atoms with van der Waals surface area (Å²) >= 11 is 6.00. The first-order chi connectivity index (χ1) is 10.7. The Morgan fingerprint density at radius 1 is 1.35 bits per heavy atom. The van der Waals surface area contributed by atoms with Crippen LogP contribution in [-0.4, -0.2) is 33.3 Å². The molecule has 0 heterocycles. The van der Waals surface area contributed by atoms with Gasteiger partial charge < -0.3 is 15.4 Å². The van der Waals surface area contributed by atoms with Gasteiger partial charge in [0.25, 0.3) is 0 Å². The lowest BCUT2D eigenvalue weighted by Crippen LogP contribution is -2.46. The second-order valence-electron chi connectivity index (χ2n) is 6.01. The van der Waals surface area contributed by atoms with E-state index in [4.69, 9.17) is 16.3 Å². The molecule has 1 aliphatic carbocycles. The van der Waals surface area contributed by atoms with E-state index >= 15 is 0 Å². The van der Waals surface area contributed by atoms with Gasteiger partial charge >= 0.3 is 0 Å². The number of hydrogen-bond acceptors (Lipinski definition) is 2. The van der Waals surface area contributed by atoms with Gasteiger partial charge in [-0.1, -0.05) is 30.2 Å². The van der Waals surface area contributed by atoms with Crippen LogP contribution >= 0.6 is 35.6 Å². The standard InChI is InChI=1S/C17H26ClN3O.HI/c1-19-16(20-12-14-5-3-6-15(18)11-14)21-13-17(7-4-8-17)9-10-22-2;/h3,5-6,11H,4,7-10,12-13H2,1-2H3,(H2,19,20,21);1H. The van der Waals surface area contributed by atoms with Crippen LogP contribution in [0.4, 0.5) is 0 Å². The summed E-state index contributed by atoms with van der Waals surface area (Å²) in [4.78, 5) is 4.30. The van der Waals surface area contributed by atoms with Crippen LogP contribution in [0.25, 0.3) is 0 Å². The number of benzene rings is 1. The molecule has 6 heteroatoms. The van der Waals surface area contributed by atoms with Crippen LogP contribution in [0.15, 0.2) is 29.3 Å². The number of hydrogen-bond donors (Lipinski definition) is 2. The molecule has 0 aliphatic heterocycles. The number of nitrogens with one attached hydrogen (secondary N) is 2. The minimum absolute atomic E-state index is 0. The Hall–Kier alpha value is -0.530. The largest absolute Gasteiger partial charge is 0.385 e. The van der Waals surface area contributed by atoms with Crippen molar-refractivity contribution in [2.24, 2.45) is 10.4 Å². The van der Waals surface area contributed by atoms with E-state index in [9.17, 15) is 0 Å². The van der Waals surface area contributed by atoms with Crippen LogP contribution in [0.5, 0.6) is 0 Å². The summed E-state index contributed by atoms with van der Waals surface area (Å²) in [6.45, 7) is 2.49. The number of guanidine groups is 1. The molecule has 130 valence electrons. The second-order valence-corrected chi connectivity index (χ2v) is 6.44. The maximum Gasteiger partial charge on any atom is 0.191 e. The molecule has 0 spiro atoms. The second kappa shape index (κ2) is 10.4. The molecular formula is C17H27ClIN3O. The lowest BCUT2D eigenvalue weighted by Gasteiger charge is -2.42. The van der Waals surface area contributed by atoms with Crippen molar-refractivity contribution in [3.8, 4) is 0 Å². The summed E-state index contributed by atoms with van der Waals surface area (Å²) in [7, 11) is 3.57. The van der Waals surface area contributed by atoms with Gasteiger partial charge in [0.15, 0.2) is 5.96 Å². The zero-order chi connectivity index (χ0) is 15.8. The predicted molar refractivity (Wildman–Crippen MR) is 108 cm³/mol. The van der Waals surface area contributed by atoms with Crippen LogP contribution in [0.3, 0.4) is 0 Å². The fraction of sp³-hybridized carbons (Fsp3) is 0.588. The highest BCUT2D eigenvalue weighted by Crippen LogP contribution is 2.43. The van der Waals surface area contributed by atoms with Crippen LogP contribution in [-0.2, 0) is 11.3 Å². The van der Waals surface area contributed by atoms with Crippen molar-refractivity contribution in [2.45, 2.75) is 32.2 Å². The zero-order valence-corrected chi connectivity index (χ0v) is 17.0. The Bertz CT molecular complexity index is 506. The molecule has 0 radical (unpaired) electrons. The smallest absolute Gasteiger partial charge is 0.191 e. The predicted octanol–water partition coefficient (Wildman–Crippen LogP) is 3.83. The lowest BCUT2D eigenvalue weighted by atomic mass is 9.67. The van der Waals surface area contributed by atoms with Gasteiger partial charge in [0.05, 0.1) is 0 Å². The third kappa shape index (κ3) is 6.47. The Kier molecular flexibility index (Phi) is 9.24. The highest BCUT2D eigenvalue weighted by Gasteiger charge is 2.36. The van der Waals surface area contributed by atoms with E-state index in [2.05, 4.69) is 21.7 Å². The van der Waals surface area contributed by atoms with E-state index in [0.29, 0.717) is 12.0 Å². The number of rotatable bonds is 7. The number of nitrogens with zero attached hydrogens (tertiary/aromatic N) is 1. The van der Waals surface area contributed by atoms with Gasteiger partial charge in [0.2, 0.25) is 0 Å². The molecule has 2 rings (SSSR count). The molecule has 1 saturated carbocycles. The monoisotopic (exact) mass is 451 g/mol. The Morgan fingerprint density at radius 3 is 2.70 bits per heavy atom. The minimum Gasteiger partial charge on any atom is -0.385 e. The van der Waals surface area contributed by atoms with E-state index in [1.807, 2.05) is 18.2 Å². The molecule has 0 unspecified atom stereocenters. The van der Waals surface area contributed by atoms with E-state index < -0.39 is 0 Å². The SMILES string of the molecule is CN=C(NCc1cccc(Cl)c1)NCC1(CCOC)CCC1.I. The van der Waals surface area contributed by atoms with Crippen molar-refractivity contribution in [2.75, 3.05) is 27.3 Å². The molecule has 1 aromatic carbocycles. The maximum absolute atomic E-state index is 6.00. The summed E-state index contributed by atoms with van der Waals surface area (Å²) < 4.78 is 5.24. The average Bonchev–Trinajstić information content (AvgIpc) is 2.48. The first-order valence-electron chi connectivity index (χ1n) is 7.85. The molecule has 0 amide bonds. The molecule has 2 N–H and O–H groups in total. The summed E-state index contributed by atoms with van der Waals surface area (Å²) in [5, 5.41) is 7.55. The first kappa shape index (κ1) is 20.5. The molecule has 0 bridgehead atoms. The summed E-state index contributed by atoms with van der Waals surface area (Å²) in [6, 6.07) is 7.87. The minimum atomic E-state index is 0. The van der Waals surface area contributed by atoms with Crippen LogP contribution in [0.2, 0.25) is 5.02 Å². The van der Waals surface area contributed by atoms with Crippen molar-refractivity contribution in [3.05, 3.63) is 34.9 Å². The van der Waals surface area contributed by atoms with E-state index in [-0.39, 0.29) is 24.0 Å². The third-order valence-corrected chi connectivity index (χ3v) is 4.69. The van der Waals surface area contributed by atoms with Crippen molar-refractivity contribution in [1.29, 1.82) is 0 Å². The molecule has 1 aromatic rings. The molecule has 1 fully saturated rings. The fourth-order valence-corrected chi connectivity index (χ4v) is 3.05. The van der Waals surface area contributed by atoms with Crippen molar-refractivity contribution in [1.82, 2.24) is 10.6 Å². The molecular weight excluding hydrogens is 425 g/mol. The molecule has 0 atom stereocenters. The van der Waals surface area contributed by atoms with Crippen LogP contribution < -0.4 is 10.6 Å². The van der Waals surface area contributed by atoms with Gasteiger partial charge in [-0.05, 0) is 42.4 Å². The average molecular weight is 452 g/mol. The van der Waals surface area contributed by atoms with Crippen LogP contribution in [0, 0.1) is 5.41 Å². The van der Waals surface area contributed by atoms with E-state index in [1.165, 1.54) is 19.3 Å². The Morgan fingerprint density at radius 2 is 2.13 bits per heavy atom. The van der Waals surface area contributed by atoms with Crippen molar-refractivity contribution < 1.29 is 4.74 Å². The Labute approximate surface area is 161 Å². The Balaban J connectivity index is 0.00000264. The molecule has 0 aromatic heterocycles. The maximum atomic E-state index is 6.00. The zero-order valence-electron chi connectivity index (χ0n) is 13.9. The van der Waals surface area contributed by atoms with Crippen molar-refractivity contribution in [3.63, 3.8) is 0 Å². The number of methoxy groups -OCH3 is 1. The van der Waals surface area contributed by atoms with Crippen LogP contribution in [0.1, 0.15) is 31.2 Å². The van der Waals surface area contributed by atoms with Gasteiger partial charge in [0.1, 0.15) is 0 Å². The van der Waals surface area contributed by atoms with Gasteiger partial charge in [-0.25, -0.2) is 0 Å². The topological polar surface area (TPSA) is 45.7 Å². The third-order valence-electron chi connectivity index (χ3n) is 4.45. The highest BCUT2D eigenvalue weighted by atomic mass is 127. The van der Waals surface area contributed by atoms with Crippen molar-refractivity contribution >= 4 is 41.5 Å².